The maximum Gasteiger partial charge on any atom is 0.134 e. The van der Waals surface area contributed by atoms with Crippen molar-refractivity contribution >= 4 is 22.6 Å². The van der Waals surface area contributed by atoms with Gasteiger partial charge < -0.3 is 9.73 Å². The molecule has 1 fully saturated rings. The number of fused-ring (bicyclic) bond motifs is 1. The van der Waals surface area contributed by atoms with E-state index in [2.05, 4.69) is 18.4 Å². The van der Waals surface area contributed by atoms with Crippen LogP contribution in [-0.2, 0) is 6.42 Å². The SMILES string of the molecule is CNC(CCc1cc2cc(Cl)ccc2o1)C1CC1. The summed E-state index contributed by atoms with van der Waals surface area (Å²) < 4.78 is 5.83. The fraction of sp³-hybridized carbons (Fsp3) is 0.467. The molecule has 1 aliphatic carbocycles. The number of halogens is 1. The molecule has 96 valence electrons. The molecule has 0 aliphatic heterocycles. The monoisotopic (exact) mass is 263 g/mol. The van der Waals surface area contributed by atoms with Gasteiger partial charge in [0.05, 0.1) is 0 Å². The smallest absolute Gasteiger partial charge is 0.134 e. The lowest BCUT2D eigenvalue weighted by Crippen LogP contribution is -2.27. The fourth-order valence-corrected chi connectivity index (χ4v) is 2.79. The van der Waals surface area contributed by atoms with Crippen molar-refractivity contribution in [2.24, 2.45) is 5.92 Å². The average Bonchev–Trinajstić information content (AvgIpc) is 3.10. The molecule has 3 heteroatoms. The lowest BCUT2D eigenvalue weighted by Gasteiger charge is -2.13. The maximum absolute atomic E-state index is 5.98. The second kappa shape index (κ2) is 4.94. The maximum atomic E-state index is 5.98. The normalized spacial score (nSPS) is 17.2. The van der Waals surface area contributed by atoms with Crippen LogP contribution in [-0.4, -0.2) is 13.1 Å². The van der Waals surface area contributed by atoms with Gasteiger partial charge in [0.1, 0.15) is 11.3 Å². The lowest BCUT2D eigenvalue weighted by molar-refractivity contribution is 0.444. The standard InChI is InChI=1S/C15H18ClNO/c1-17-14(10-2-3-10)6-5-13-9-11-8-12(16)4-7-15(11)18-13/h4,7-10,14,17H,2-3,5-6H2,1H3. The first-order chi connectivity index (χ1) is 8.76. The summed E-state index contributed by atoms with van der Waals surface area (Å²) in [4.78, 5) is 0. The zero-order valence-corrected chi connectivity index (χ0v) is 11.3. The lowest BCUT2D eigenvalue weighted by atomic mass is 10.1. The molecule has 0 amide bonds. The zero-order valence-electron chi connectivity index (χ0n) is 10.6. The molecule has 2 nitrogen and oxygen atoms in total. The highest BCUT2D eigenvalue weighted by atomic mass is 35.5. The van der Waals surface area contributed by atoms with Gasteiger partial charge in [0.25, 0.3) is 0 Å². The van der Waals surface area contributed by atoms with E-state index in [9.17, 15) is 0 Å². The molecule has 1 heterocycles. The Morgan fingerprint density at radius 1 is 1.39 bits per heavy atom. The van der Waals surface area contributed by atoms with Crippen molar-refractivity contribution in [3.05, 3.63) is 35.0 Å². The molecule has 1 atom stereocenters. The Kier molecular flexibility index (Phi) is 3.31. The van der Waals surface area contributed by atoms with Crippen molar-refractivity contribution in [3.63, 3.8) is 0 Å². The molecule has 1 N–H and O–H groups in total. The largest absolute Gasteiger partial charge is 0.461 e. The Morgan fingerprint density at radius 3 is 2.94 bits per heavy atom. The Labute approximate surface area is 112 Å². The summed E-state index contributed by atoms with van der Waals surface area (Å²) in [6.07, 6.45) is 4.89. The number of aryl methyl sites for hydroxylation is 1. The van der Waals surface area contributed by atoms with Crippen molar-refractivity contribution in [1.82, 2.24) is 5.32 Å². The highest BCUT2D eigenvalue weighted by Crippen LogP contribution is 2.34. The van der Waals surface area contributed by atoms with E-state index in [0.717, 1.165) is 40.5 Å². The molecule has 0 radical (unpaired) electrons. The van der Waals surface area contributed by atoms with Gasteiger partial charge in [0, 0.05) is 22.9 Å². The van der Waals surface area contributed by atoms with Crippen molar-refractivity contribution in [1.29, 1.82) is 0 Å². The van der Waals surface area contributed by atoms with Gasteiger partial charge in [-0.05, 0) is 56.5 Å². The van der Waals surface area contributed by atoms with Crippen LogP contribution in [0.5, 0.6) is 0 Å². The van der Waals surface area contributed by atoms with Crippen LogP contribution in [0, 0.1) is 5.92 Å². The van der Waals surface area contributed by atoms with Crippen molar-refractivity contribution in [2.45, 2.75) is 31.7 Å². The van der Waals surface area contributed by atoms with Gasteiger partial charge in [0.2, 0.25) is 0 Å². The van der Waals surface area contributed by atoms with Gasteiger partial charge in [0.15, 0.2) is 0 Å². The van der Waals surface area contributed by atoms with Gasteiger partial charge in [-0.25, -0.2) is 0 Å². The molecule has 1 unspecified atom stereocenters. The topological polar surface area (TPSA) is 25.2 Å². The highest BCUT2D eigenvalue weighted by Gasteiger charge is 2.29. The number of nitrogens with one attached hydrogen (secondary N) is 1. The predicted molar refractivity (Wildman–Crippen MR) is 75.1 cm³/mol. The Hall–Kier alpha value is -0.990. The van der Waals surface area contributed by atoms with E-state index in [-0.39, 0.29) is 0 Å². The quantitative estimate of drug-likeness (QED) is 0.882. The second-order valence-electron chi connectivity index (χ2n) is 5.17. The van der Waals surface area contributed by atoms with Crippen LogP contribution in [0.2, 0.25) is 5.02 Å². The molecule has 18 heavy (non-hydrogen) atoms. The molecule has 3 rings (SSSR count). The minimum absolute atomic E-state index is 0.641. The van der Waals surface area contributed by atoms with Crippen molar-refractivity contribution in [2.75, 3.05) is 7.05 Å². The Bertz CT molecular complexity index is 544. The molecule has 0 spiro atoms. The number of hydrogen-bond acceptors (Lipinski definition) is 2. The van der Waals surface area contributed by atoms with Crippen LogP contribution in [0.25, 0.3) is 11.0 Å². The Balaban J connectivity index is 1.70. The summed E-state index contributed by atoms with van der Waals surface area (Å²) in [5.74, 6) is 1.95. The summed E-state index contributed by atoms with van der Waals surface area (Å²) >= 11 is 5.98. The van der Waals surface area contributed by atoms with Gasteiger partial charge >= 0.3 is 0 Å². The molecule has 0 bridgehead atoms. The number of hydrogen-bond donors (Lipinski definition) is 1. The van der Waals surface area contributed by atoms with E-state index in [1.54, 1.807) is 0 Å². The van der Waals surface area contributed by atoms with Crippen molar-refractivity contribution < 1.29 is 4.42 Å². The van der Waals surface area contributed by atoms with Crippen LogP contribution >= 0.6 is 11.6 Å². The third-order valence-electron chi connectivity index (χ3n) is 3.79. The van der Waals surface area contributed by atoms with Crippen LogP contribution in [0.3, 0.4) is 0 Å². The third kappa shape index (κ3) is 2.55. The van der Waals surface area contributed by atoms with Crippen LogP contribution in [0.15, 0.2) is 28.7 Å². The van der Waals surface area contributed by atoms with Gasteiger partial charge in [-0.15, -0.1) is 0 Å². The molecule has 1 aromatic carbocycles. The molecule has 1 aromatic heterocycles. The van der Waals surface area contributed by atoms with E-state index in [1.807, 2.05) is 18.2 Å². The molecular formula is C15H18ClNO. The van der Waals surface area contributed by atoms with Crippen LogP contribution in [0.1, 0.15) is 25.0 Å². The first-order valence-corrected chi connectivity index (χ1v) is 6.99. The summed E-state index contributed by atoms with van der Waals surface area (Å²) in [6.45, 7) is 0. The summed E-state index contributed by atoms with van der Waals surface area (Å²) in [7, 11) is 2.06. The minimum atomic E-state index is 0.641. The number of benzene rings is 1. The van der Waals surface area contributed by atoms with E-state index in [0.29, 0.717) is 6.04 Å². The first kappa shape index (κ1) is 12.1. The molecule has 1 aliphatic rings. The van der Waals surface area contributed by atoms with E-state index >= 15 is 0 Å². The first-order valence-electron chi connectivity index (χ1n) is 6.61. The Morgan fingerprint density at radius 2 is 2.22 bits per heavy atom. The molecule has 0 saturated heterocycles. The zero-order chi connectivity index (χ0) is 12.5. The predicted octanol–water partition coefficient (Wildman–Crippen LogP) is 4.02. The molecule has 2 aromatic rings. The number of furan rings is 1. The van der Waals surface area contributed by atoms with Gasteiger partial charge in [-0.2, -0.15) is 0 Å². The minimum Gasteiger partial charge on any atom is -0.461 e. The van der Waals surface area contributed by atoms with E-state index < -0.39 is 0 Å². The summed E-state index contributed by atoms with van der Waals surface area (Å²) in [6, 6.07) is 8.53. The van der Waals surface area contributed by atoms with Crippen LogP contribution in [0.4, 0.5) is 0 Å². The van der Waals surface area contributed by atoms with E-state index in [1.165, 1.54) is 12.8 Å². The van der Waals surface area contributed by atoms with Gasteiger partial charge in [-0.1, -0.05) is 11.6 Å². The molecule has 1 saturated carbocycles. The average molecular weight is 264 g/mol. The van der Waals surface area contributed by atoms with Crippen molar-refractivity contribution in [3.8, 4) is 0 Å². The van der Waals surface area contributed by atoms with Crippen LogP contribution < -0.4 is 5.32 Å². The third-order valence-corrected chi connectivity index (χ3v) is 4.03. The number of rotatable bonds is 5. The highest BCUT2D eigenvalue weighted by molar-refractivity contribution is 6.31. The van der Waals surface area contributed by atoms with E-state index in [4.69, 9.17) is 16.0 Å². The second-order valence-corrected chi connectivity index (χ2v) is 5.60. The molecular weight excluding hydrogens is 246 g/mol. The van der Waals surface area contributed by atoms with Gasteiger partial charge in [-0.3, -0.25) is 0 Å². The fourth-order valence-electron chi connectivity index (χ4n) is 2.60. The summed E-state index contributed by atoms with van der Waals surface area (Å²) in [5, 5.41) is 5.28. The summed E-state index contributed by atoms with van der Waals surface area (Å²) in [5.41, 5.74) is 0.932.